The minimum Gasteiger partial charge on any atom is -0.375 e. The Labute approximate surface area is 365 Å². The maximum atomic E-state index is 2.88. The van der Waals surface area contributed by atoms with Crippen LogP contribution in [0.4, 0.5) is 17.1 Å². The van der Waals surface area contributed by atoms with E-state index in [4.69, 9.17) is 0 Å². The molecule has 6 aromatic carbocycles. The monoisotopic (exact) mass is 822 g/mol. The Balaban J connectivity index is 1.02. The number of fused-ring (bicyclic) bond motifs is 13. The molecule has 8 aromatic rings. The zero-order valence-electron chi connectivity index (χ0n) is 34.6. The molecule has 3 aliphatic heterocycles. The van der Waals surface area contributed by atoms with Crippen LogP contribution in [0, 0.1) is 35.5 Å². The van der Waals surface area contributed by atoms with Crippen molar-refractivity contribution in [2.24, 2.45) is 35.5 Å². The molecule has 0 amide bonds. The van der Waals surface area contributed by atoms with Crippen LogP contribution in [0.3, 0.4) is 0 Å². The van der Waals surface area contributed by atoms with Crippen LogP contribution in [-0.4, -0.2) is 11.3 Å². The van der Waals surface area contributed by atoms with Gasteiger partial charge in [-0.25, -0.2) is 0 Å². The summed E-state index contributed by atoms with van der Waals surface area (Å²) in [7, 11) is 0. The highest BCUT2D eigenvalue weighted by molar-refractivity contribution is 7.99. The van der Waals surface area contributed by atoms with E-state index in [1.54, 1.807) is 16.5 Å². The fourth-order valence-electron chi connectivity index (χ4n) is 17.5. The highest BCUT2D eigenvalue weighted by Crippen LogP contribution is 2.64. The lowest BCUT2D eigenvalue weighted by Crippen LogP contribution is -2.57. The third-order valence-corrected chi connectivity index (χ3v) is 21.1. The third-order valence-electron chi connectivity index (χ3n) is 18.8. The van der Waals surface area contributed by atoms with Crippen LogP contribution >= 0.6 is 23.1 Å². The number of para-hydroxylation sites is 2. The Bertz CT molecular complexity index is 3280. The van der Waals surface area contributed by atoms with E-state index in [0.717, 1.165) is 35.5 Å². The molecule has 8 bridgehead atoms. The quantitative estimate of drug-likeness (QED) is 0.161. The summed E-state index contributed by atoms with van der Waals surface area (Å²) in [4.78, 5) is 5.45. The van der Waals surface area contributed by atoms with E-state index in [0.29, 0.717) is 10.8 Å². The van der Waals surface area contributed by atoms with Crippen LogP contribution in [-0.2, 0) is 10.8 Å². The lowest BCUT2D eigenvalue weighted by atomic mass is 9.44. The molecule has 11 aliphatic rings. The van der Waals surface area contributed by atoms with Crippen molar-refractivity contribution in [3.63, 3.8) is 0 Å². The Morgan fingerprint density at radius 2 is 1.18 bits per heavy atom. The number of hydrogen-bond acceptors (Lipinski definition) is 3. The molecule has 8 saturated carbocycles. The topological polar surface area (TPSA) is 8.17 Å². The maximum absolute atomic E-state index is 2.88. The van der Waals surface area contributed by atoms with Crippen molar-refractivity contribution in [3.05, 3.63) is 114 Å². The first-order chi connectivity index (χ1) is 30.0. The van der Waals surface area contributed by atoms with E-state index >= 15 is 0 Å². The number of aromatic nitrogens is 1. The highest BCUT2D eigenvalue weighted by atomic mass is 32.2. The Morgan fingerprint density at radius 1 is 0.525 bits per heavy atom. The summed E-state index contributed by atoms with van der Waals surface area (Å²) in [5, 5.41) is 5.90. The SMILES string of the molecule is c1ccc2c(c1)Sc1cccc3c1N2c1c2c(cc4c1sc1ccccc14)-c1cc(C45CC6CC(CC(C6)C4)C5)cc4c5cc(C67CC8CC(CC(C8)C6)C7)ccc5n(c14)B32. The molecule has 296 valence electrons. The van der Waals surface area contributed by atoms with E-state index in [9.17, 15) is 0 Å². The first kappa shape index (κ1) is 33.2. The van der Waals surface area contributed by atoms with Crippen molar-refractivity contribution < 1.29 is 0 Å². The molecule has 61 heavy (non-hydrogen) atoms. The Hall–Kier alpha value is -4.45. The molecular formula is C56H47BN2S2. The van der Waals surface area contributed by atoms with Crippen LogP contribution in [0.5, 0.6) is 0 Å². The van der Waals surface area contributed by atoms with Gasteiger partial charge in [0.1, 0.15) is 0 Å². The van der Waals surface area contributed by atoms with Gasteiger partial charge in [-0.1, -0.05) is 60.3 Å². The number of anilines is 3. The van der Waals surface area contributed by atoms with Crippen LogP contribution < -0.4 is 15.8 Å². The van der Waals surface area contributed by atoms with E-state index in [1.165, 1.54) is 163 Å². The van der Waals surface area contributed by atoms with Crippen LogP contribution in [0.15, 0.2) is 113 Å². The first-order valence-corrected chi connectivity index (χ1v) is 25.5. The second-order valence-corrected chi connectivity index (χ2v) is 24.2. The van der Waals surface area contributed by atoms with Crippen molar-refractivity contribution in [1.29, 1.82) is 0 Å². The zero-order valence-corrected chi connectivity index (χ0v) is 36.2. The molecule has 8 aliphatic carbocycles. The molecule has 0 radical (unpaired) electrons. The van der Waals surface area contributed by atoms with Gasteiger partial charge >= 0.3 is 6.85 Å². The molecule has 0 N–H and O–H groups in total. The first-order valence-electron chi connectivity index (χ1n) is 23.9. The fraction of sp³-hybridized carbons (Fsp3) is 0.357. The van der Waals surface area contributed by atoms with Gasteiger partial charge in [0.15, 0.2) is 0 Å². The Morgan fingerprint density at radius 3 is 1.93 bits per heavy atom. The molecule has 5 heteroatoms. The lowest BCUT2D eigenvalue weighted by Gasteiger charge is -2.57. The van der Waals surface area contributed by atoms with E-state index in [1.807, 2.05) is 23.1 Å². The average Bonchev–Trinajstić information content (AvgIpc) is 3.80. The van der Waals surface area contributed by atoms with E-state index < -0.39 is 0 Å². The summed E-state index contributed by atoms with van der Waals surface area (Å²) < 4.78 is 5.71. The van der Waals surface area contributed by atoms with Gasteiger partial charge in [0.2, 0.25) is 0 Å². The van der Waals surface area contributed by atoms with Gasteiger partial charge in [0, 0.05) is 52.6 Å². The molecule has 2 nitrogen and oxygen atoms in total. The minimum atomic E-state index is 0.0972. The molecule has 0 spiro atoms. The summed E-state index contributed by atoms with van der Waals surface area (Å²) in [6.07, 6.45) is 17.4. The standard InChI is InChI=1S/C56H47BN2S2/c1-3-9-47-38(6-1)43-23-40-42-22-37(56-27-33-17-34(28-56)19-35(18-33)29-56)21-41-39-20-36(55-24-30-14-31(25-55)16-32(15-30)26-55)12-13-45(39)59(51(41)42)57-44-7-5-11-49-52(44)58(53(50(40)57)54(43)61-47)46-8-2-4-10-48(46)60-49/h1-13,20-23,30-35H,14-19,24-29H2. The van der Waals surface area contributed by atoms with Gasteiger partial charge in [-0.05, 0) is 206 Å². The predicted molar refractivity (Wildman–Crippen MR) is 257 cm³/mol. The van der Waals surface area contributed by atoms with E-state index in [2.05, 4.69) is 113 Å². The number of hydrogen-bond donors (Lipinski definition) is 0. The number of benzene rings is 6. The van der Waals surface area contributed by atoms with Gasteiger partial charge in [-0.2, -0.15) is 0 Å². The largest absolute Gasteiger partial charge is 0.375 e. The van der Waals surface area contributed by atoms with Crippen LogP contribution in [0.25, 0.3) is 53.1 Å². The maximum Gasteiger partial charge on any atom is 0.333 e. The highest BCUT2D eigenvalue weighted by Gasteiger charge is 2.54. The van der Waals surface area contributed by atoms with Gasteiger partial charge in [0.05, 0.1) is 21.8 Å². The smallest absolute Gasteiger partial charge is 0.333 e. The van der Waals surface area contributed by atoms with Crippen molar-refractivity contribution in [3.8, 4) is 11.1 Å². The summed E-state index contributed by atoms with van der Waals surface area (Å²) in [6.45, 7) is 0.0972. The van der Waals surface area contributed by atoms with Crippen molar-refractivity contribution in [2.45, 2.75) is 97.7 Å². The Kier molecular flexibility index (Phi) is 5.98. The number of rotatable bonds is 2. The molecule has 0 saturated heterocycles. The summed E-state index contributed by atoms with van der Waals surface area (Å²) in [6, 6.07) is 42.0. The molecular weight excluding hydrogens is 776 g/mol. The van der Waals surface area contributed by atoms with Gasteiger partial charge in [-0.15, -0.1) is 11.3 Å². The molecule has 2 aromatic heterocycles. The number of thiophene rings is 1. The van der Waals surface area contributed by atoms with Crippen LogP contribution in [0.1, 0.15) is 88.2 Å². The lowest BCUT2D eigenvalue weighted by molar-refractivity contribution is -0.00527. The van der Waals surface area contributed by atoms with Crippen LogP contribution in [0.2, 0.25) is 0 Å². The zero-order chi connectivity index (χ0) is 39.1. The van der Waals surface area contributed by atoms with Gasteiger partial charge in [-0.3, -0.25) is 0 Å². The summed E-state index contributed by atoms with van der Waals surface area (Å²) in [5.41, 5.74) is 17.1. The van der Waals surface area contributed by atoms with E-state index in [-0.39, 0.29) is 6.85 Å². The number of nitrogens with zero attached hydrogens (tertiary/aromatic N) is 2. The second kappa shape index (κ2) is 11.0. The molecule has 19 rings (SSSR count). The average molecular weight is 823 g/mol. The van der Waals surface area contributed by atoms with Crippen molar-refractivity contribution >= 4 is 99.9 Å². The third kappa shape index (κ3) is 4.04. The second-order valence-electron chi connectivity index (χ2n) is 22.1. The molecule has 8 fully saturated rings. The molecule has 0 unspecified atom stereocenters. The molecule has 5 heterocycles. The van der Waals surface area contributed by atoms with Crippen molar-refractivity contribution in [2.75, 3.05) is 4.90 Å². The summed E-state index contributed by atoms with van der Waals surface area (Å²) >= 11 is 3.98. The summed E-state index contributed by atoms with van der Waals surface area (Å²) in [5.74, 6) is 5.56. The molecule has 0 atom stereocenters. The predicted octanol–water partition coefficient (Wildman–Crippen LogP) is 14.0. The van der Waals surface area contributed by atoms with Gasteiger partial charge < -0.3 is 9.38 Å². The fourth-order valence-corrected chi connectivity index (χ4v) is 19.8. The normalized spacial score (nSPS) is 31.5. The van der Waals surface area contributed by atoms with Gasteiger partial charge in [0.25, 0.3) is 0 Å². The van der Waals surface area contributed by atoms with Crippen molar-refractivity contribution in [1.82, 2.24) is 4.48 Å². The minimum absolute atomic E-state index is 0.0972.